The smallest absolute Gasteiger partial charge is 0.254 e. The van der Waals surface area contributed by atoms with Crippen LogP contribution in [0.25, 0.3) is 0 Å². The van der Waals surface area contributed by atoms with Crippen molar-refractivity contribution in [1.29, 1.82) is 0 Å². The van der Waals surface area contributed by atoms with E-state index in [1.807, 2.05) is 6.92 Å². The Hall–Kier alpha value is -2.37. The van der Waals surface area contributed by atoms with E-state index < -0.39 is 0 Å². The van der Waals surface area contributed by atoms with Crippen molar-refractivity contribution in [2.45, 2.75) is 19.4 Å². The summed E-state index contributed by atoms with van der Waals surface area (Å²) in [6.07, 6.45) is 7.41. The molecule has 6 heteroatoms. The largest absolute Gasteiger partial charge is 0.386 e. The molecule has 1 atom stereocenters. The second-order valence-corrected chi connectivity index (χ2v) is 4.08. The molecule has 1 amide bonds. The molecule has 2 heterocycles. The Balaban J connectivity index is 2.16. The number of aromatic nitrogens is 3. The van der Waals surface area contributed by atoms with Gasteiger partial charge in [-0.1, -0.05) is 6.92 Å². The fourth-order valence-electron chi connectivity index (χ4n) is 1.86. The number of hydrogen-bond donors (Lipinski definition) is 3. The van der Waals surface area contributed by atoms with Gasteiger partial charge in [-0.25, -0.2) is 4.98 Å². The van der Waals surface area contributed by atoms with Crippen molar-refractivity contribution in [3.8, 4) is 0 Å². The van der Waals surface area contributed by atoms with Crippen LogP contribution in [-0.2, 0) is 0 Å². The third kappa shape index (κ3) is 2.90. The van der Waals surface area contributed by atoms with Crippen molar-refractivity contribution in [1.82, 2.24) is 20.3 Å². The topological polar surface area (TPSA) is 82.7 Å². The second kappa shape index (κ2) is 5.99. The highest BCUT2D eigenvalue weighted by Gasteiger charge is 2.17. The number of nitrogens with one attached hydrogen (secondary N) is 3. The Morgan fingerprint density at radius 3 is 2.95 bits per heavy atom. The second-order valence-electron chi connectivity index (χ2n) is 4.08. The molecule has 0 aromatic carbocycles. The molecule has 0 aliphatic heterocycles. The van der Waals surface area contributed by atoms with Crippen LogP contribution in [0, 0.1) is 0 Å². The van der Waals surface area contributed by atoms with E-state index in [1.54, 1.807) is 37.9 Å². The van der Waals surface area contributed by atoms with Crippen LogP contribution in [0.15, 0.2) is 30.9 Å². The van der Waals surface area contributed by atoms with Crippen LogP contribution in [0.2, 0.25) is 0 Å². The first-order valence-electron chi connectivity index (χ1n) is 6.18. The van der Waals surface area contributed by atoms with Gasteiger partial charge in [0.1, 0.15) is 5.82 Å². The van der Waals surface area contributed by atoms with Gasteiger partial charge in [0.05, 0.1) is 23.5 Å². The maximum Gasteiger partial charge on any atom is 0.254 e. The third-order valence-electron chi connectivity index (χ3n) is 2.90. The molecule has 1 unspecified atom stereocenters. The van der Waals surface area contributed by atoms with Crippen LogP contribution in [0.5, 0.6) is 0 Å². The Morgan fingerprint density at radius 2 is 2.32 bits per heavy atom. The number of pyridine rings is 1. The van der Waals surface area contributed by atoms with E-state index in [4.69, 9.17) is 0 Å². The van der Waals surface area contributed by atoms with Crippen LogP contribution in [0.3, 0.4) is 0 Å². The van der Waals surface area contributed by atoms with Gasteiger partial charge in [0.25, 0.3) is 5.91 Å². The maximum absolute atomic E-state index is 12.3. The molecule has 0 bridgehead atoms. The quantitative estimate of drug-likeness (QED) is 0.763. The highest BCUT2D eigenvalue weighted by Crippen LogP contribution is 2.16. The molecule has 0 aliphatic carbocycles. The average Bonchev–Trinajstić information content (AvgIpc) is 2.98. The molecule has 19 heavy (non-hydrogen) atoms. The number of carbonyl (C=O) groups excluding carboxylic acids is 1. The summed E-state index contributed by atoms with van der Waals surface area (Å²) in [5, 5.41) is 5.92. The van der Waals surface area contributed by atoms with Gasteiger partial charge in [-0.3, -0.25) is 9.78 Å². The van der Waals surface area contributed by atoms with E-state index in [9.17, 15) is 4.79 Å². The lowest BCUT2D eigenvalue weighted by molar-refractivity contribution is 0.0934. The normalized spacial score (nSPS) is 11.9. The molecule has 6 nitrogen and oxygen atoms in total. The van der Waals surface area contributed by atoms with Gasteiger partial charge in [-0.2, -0.15) is 0 Å². The molecule has 0 saturated heterocycles. The maximum atomic E-state index is 12.3. The van der Waals surface area contributed by atoms with E-state index >= 15 is 0 Å². The number of imidazole rings is 1. The van der Waals surface area contributed by atoms with Gasteiger partial charge in [-0.15, -0.1) is 0 Å². The van der Waals surface area contributed by atoms with Crippen LogP contribution in [0.4, 0.5) is 5.69 Å². The summed E-state index contributed by atoms with van der Waals surface area (Å²) in [7, 11) is 1.76. The van der Waals surface area contributed by atoms with Crippen molar-refractivity contribution in [2.24, 2.45) is 0 Å². The van der Waals surface area contributed by atoms with E-state index in [2.05, 4.69) is 25.6 Å². The van der Waals surface area contributed by atoms with E-state index in [0.29, 0.717) is 11.3 Å². The number of amides is 1. The van der Waals surface area contributed by atoms with Gasteiger partial charge in [0.15, 0.2) is 0 Å². The first-order valence-corrected chi connectivity index (χ1v) is 6.18. The van der Waals surface area contributed by atoms with Crippen LogP contribution < -0.4 is 10.6 Å². The number of nitrogens with zero attached hydrogens (tertiary/aromatic N) is 2. The fourth-order valence-corrected chi connectivity index (χ4v) is 1.86. The minimum atomic E-state index is -0.144. The SMILES string of the molecule is CCC(NC(=O)c1ccncc1NC)c1ncc[nH]1. The molecule has 100 valence electrons. The Morgan fingerprint density at radius 1 is 1.47 bits per heavy atom. The minimum absolute atomic E-state index is 0.125. The fraction of sp³-hybridized carbons (Fsp3) is 0.308. The lowest BCUT2D eigenvalue weighted by Crippen LogP contribution is -2.29. The van der Waals surface area contributed by atoms with Crippen molar-refractivity contribution in [2.75, 3.05) is 12.4 Å². The Labute approximate surface area is 111 Å². The Kier molecular flexibility index (Phi) is 4.12. The number of rotatable bonds is 5. The zero-order valence-electron chi connectivity index (χ0n) is 11.0. The van der Waals surface area contributed by atoms with Gasteiger partial charge >= 0.3 is 0 Å². The van der Waals surface area contributed by atoms with E-state index in [-0.39, 0.29) is 11.9 Å². The first kappa shape index (κ1) is 13.1. The predicted molar refractivity (Wildman–Crippen MR) is 72.9 cm³/mol. The molecule has 3 N–H and O–H groups in total. The third-order valence-corrected chi connectivity index (χ3v) is 2.90. The molecule has 2 aromatic rings. The van der Waals surface area contributed by atoms with Gasteiger partial charge in [0.2, 0.25) is 0 Å². The van der Waals surface area contributed by atoms with Crippen molar-refractivity contribution < 1.29 is 4.79 Å². The molecular formula is C13H17N5O. The Bertz CT molecular complexity index is 538. The minimum Gasteiger partial charge on any atom is -0.386 e. The zero-order chi connectivity index (χ0) is 13.7. The monoisotopic (exact) mass is 259 g/mol. The highest BCUT2D eigenvalue weighted by atomic mass is 16.1. The molecule has 0 aliphatic rings. The zero-order valence-corrected chi connectivity index (χ0v) is 11.0. The van der Waals surface area contributed by atoms with Gasteiger partial charge in [0, 0.05) is 25.6 Å². The summed E-state index contributed by atoms with van der Waals surface area (Å²) < 4.78 is 0. The number of aromatic amines is 1. The molecule has 0 radical (unpaired) electrons. The van der Waals surface area contributed by atoms with Crippen molar-refractivity contribution in [3.05, 3.63) is 42.2 Å². The standard InChI is InChI=1S/C13H17N5O/c1-3-10(12-16-6-7-17-12)18-13(19)9-4-5-15-8-11(9)14-2/h4-8,10,14H,3H2,1-2H3,(H,16,17)(H,18,19). The van der Waals surface area contributed by atoms with Gasteiger partial charge in [-0.05, 0) is 12.5 Å². The van der Waals surface area contributed by atoms with Crippen molar-refractivity contribution >= 4 is 11.6 Å². The lowest BCUT2D eigenvalue weighted by Gasteiger charge is -2.16. The first-order chi connectivity index (χ1) is 9.26. The van der Waals surface area contributed by atoms with Crippen LogP contribution in [0.1, 0.15) is 35.6 Å². The molecule has 2 rings (SSSR count). The van der Waals surface area contributed by atoms with Crippen molar-refractivity contribution in [3.63, 3.8) is 0 Å². The average molecular weight is 259 g/mol. The summed E-state index contributed by atoms with van der Waals surface area (Å²) in [4.78, 5) is 23.5. The molecule has 2 aromatic heterocycles. The molecule has 0 fully saturated rings. The van der Waals surface area contributed by atoms with Crippen LogP contribution in [-0.4, -0.2) is 27.9 Å². The summed E-state index contributed by atoms with van der Waals surface area (Å²) in [6.45, 7) is 2.00. The lowest BCUT2D eigenvalue weighted by atomic mass is 10.1. The predicted octanol–water partition coefficient (Wildman–Crippen LogP) is 1.73. The molecule has 0 saturated carbocycles. The number of H-pyrrole nitrogens is 1. The number of hydrogen-bond acceptors (Lipinski definition) is 4. The molecule has 0 spiro atoms. The number of carbonyl (C=O) groups is 1. The summed E-state index contributed by atoms with van der Waals surface area (Å²) >= 11 is 0. The number of anilines is 1. The van der Waals surface area contributed by atoms with Gasteiger partial charge < -0.3 is 15.6 Å². The summed E-state index contributed by atoms with van der Waals surface area (Å²) in [5.74, 6) is 0.617. The van der Waals surface area contributed by atoms with E-state index in [1.165, 1.54) is 0 Å². The van der Waals surface area contributed by atoms with E-state index in [0.717, 1.165) is 12.2 Å². The summed E-state index contributed by atoms with van der Waals surface area (Å²) in [6, 6.07) is 1.57. The van der Waals surface area contributed by atoms with Crippen LogP contribution >= 0.6 is 0 Å². The molecular weight excluding hydrogens is 242 g/mol. The highest BCUT2D eigenvalue weighted by molar-refractivity contribution is 5.99. The summed E-state index contributed by atoms with van der Waals surface area (Å²) in [5.41, 5.74) is 1.27.